The van der Waals surface area contributed by atoms with Gasteiger partial charge in [-0.05, 0) is 53.6 Å². The third-order valence-corrected chi connectivity index (χ3v) is 6.16. The molecule has 2 N–H and O–H groups in total. The summed E-state index contributed by atoms with van der Waals surface area (Å²) in [5, 5.41) is 20.7. The molecule has 2 aliphatic heterocycles. The van der Waals surface area contributed by atoms with E-state index in [2.05, 4.69) is 18.1 Å². The van der Waals surface area contributed by atoms with Gasteiger partial charge >= 0.3 is 0 Å². The highest BCUT2D eigenvalue weighted by molar-refractivity contribution is 6.31. The lowest BCUT2D eigenvalue weighted by Crippen LogP contribution is -2.42. The molecule has 4 nitrogen and oxygen atoms in total. The van der Waals surface area contributed by atoms with Crippen LogP contribution < -0.4 is 4.74 Å². The van der Waals surface area contributed by atoms with E-state index in [4.69, 9.17) is 27.5 Å². The number of aryl methyl sites for hydroxylation is 1. The number of fused-ring (bicyclic) bond motifs is 1. The van der Waals surface area contributed by atoms with Crippen LogP contribution in [0.5, 0.6) is 5.75 Å². The Balaban J connectivity index is 1.56. The summed E-state index contributed by atoms with van der Waals surface area (Å²) in [6.07, 6.45) is 7.04. The van der Waals surface area contributed by atoms with Gasteiger partial charge in [-0.2, -0.15) is 0 Å². The van der Waals surface area contributed by atoms with Crippen LogP contribution in [0.15, 0.2) is 36.4 Å². The molecule has 0 bridgehead atoms. The molecule has 2 aliphatic rings. The first-order valence-electron chi connectivity index (χ1n) is 10.0. The maximum atomic E-state index is 10.4. The fourth-order valence-electron chi connectivity index (χ4n) is 4.23. The van der Waals surface area contributed by atoms with Crippen LogP contribution in [0.2, 0.25) is 5.02 Å². The van der Waals surface area contributed by atoms with E-state index in [0.717, 1.165) is 36.3 Å². The smallest absolute Gasteiger partial charge is 0.122 e. The molecule has 4 rings (SSSR count). The lowest BCUT2D eigenvalue weighted by atomic mass is 9.87. The molecule has 29 heavy (non-hydrogen) atoms. The first kappa shape index (κ1) is 20.3. The van der Waals surface area contributed by atoms with Gasteiger partial charge in [-0.3, -0.25) is 0 Å². The predicted octanol–water partition coefficient (Wildman–Crippen LogP) is 3.69. The number of hydrogen-bond donors (Lipinski definition) is 2. The third-order valence-electron chi connectivity index (χ3n) is 5.79. The van der Waals surface area contributed by atoms with Gasteiger partial charge in [-0.15, -0.1) is 6.42 Å². The van der Waals surface area contributed by atoms with Crippen LogP contribution in [0.25, 0.3) is 0 Å². The number of ether oxygens (including phenoxy) is 2. The number of terminal acetylenes is 1. The summed E-state index contributed by atoms with van der Waals surface area (Å²) in [5.41, 5.74) is 4.35. The first-order chi connectivity index (χ1) is 14.1. The highest BCUT2D eigenvalue weighted by Crippen LogP contribution is 2.36. The van der Waals surface area contributed by atoms with Crippen molar-refractivity contribution in [2.75, 3.05) is 13.2 Å². The Bertz CT molecular complexity index is 920. The van der Waals surface area contributed by atoms with Gasteiger partial charge < -0.3 is 19.7 Å². The lowest BCUT2D eigenvalue weighted by Gasteiger charge is -2.37. The van der Waals surface area contributed by atoms with Crippen molar-refractivity contribution in [3.63, 3.8) is 0 Å². The van der Waals surface area contributed by atoms with Crippen LogP contribution in [0, 0.1) is 18.3 Å². The third kappa shape index (κ3) is 4.29. The lowest BCUT2D eigenvalue weighted by molar-refractivity contribution is -0.136. The Morgan fingerprint density at radius 1 is 1.21 bits per heavy atom. The van der Waals surface area contributed by atoms with Gasteiger partial charge in [0.05, 0.1) is 37.4 Å². The van der Waals surface area contributed by atoms with Crippen molar-refractivity contribution in [3.05, 3.63) is 63.7 Å². The summed E-state index contributed by atoms with van der Waals surface area (Å²) in [7, 11) is 0. The number of halogens is 1. The Hall–Kier alpha value is -2.03. The minimum absolute atomic E-state index is 0.222. The van der Waals surface area contributed by atoms with Crippen molar-refractivity contribution < 1.29 is 19.7 Å². The summed E-state index contributed by atoms with van der Waals surface area (Å²) in [6, 6.07) is 12.1. The van der Waals surface area contributed by atoms with E-state index in [9.17, 15) is 10.2 Å². The zero-order valence-electron chi connectivity index (χ0n) is 16.2. The van der Waals surface area contributed by atoms with Crippen LogP contribution in [0.3, 0.4) is 0 Å². The number of aliphatic hydroxyl groups excluding tert-OH is 2. The standard InChI is InChI=1S/C24H25ClO4/c1-2-19-21(27)13-23(29-24(19)14-26)17-6-7-20(25)18(12-17)11-15-5-8-22-16(10-15)4-3-9-28-22/h1,5-8,10,12,19,21,23-24,26-27H,3-4,9,11,13-14H2. The second kappa shape index (κ2) is 8.77. The van der Waals surface area contributed by atoms with E-state index in [1.54, 1.807) is 0 Å². The summed E-state index contributed by atoms with van der Waals surface area (Å²) in [5.74, 6) is 3.01. The normalized spacial score (nSPS) is 26.3. The van der Waals surface area contributed by atoms with E-state index in [1.807, 2.05) is 24.3 Å². The molecule has 0 aliphatic carbocycles. The minimum atomic E-state index is -0.712. The molecule has 1 fully saturated rings. The van der Waals surface area contributed by atoms with Crippen LogP contribution >= 0.6 is 11.6 Å². The van der Waals surface area contributed by atoms with Crippen molar-refractivity contribution >= 4 is 11.6 Å². The topological polar surface area (TPSA) is 58.9 Å². The Kier molecular flexibility index (Phi) is 6.12. The molecule has 0 spiro atoms. The van der Waals surface area contributed by atoms with Gasteiger partial charge in [0.25, 0.3) is 0 Å². The van der Waals surface area contributed by atoms with E-state index in [-0.39, 0.29) is 12.7 Å². The van der Waals surface area contributed by atoms with Crippen LogP contribution in [0.4, 0.5) is 0 Å². The molecular formula is C24H25ClO4. The highest BCUT2D eigenvalue weighted by Gasteiger charge is 2.37. The van der Waals surface area contributed by atoms with Crippen molar-refractivity contribution in [1.29, 1.82) is 0 Å². The molecule has 0 amide bonds. The average Bonchev–Trinajstić information content (AvgIpc) is 2.74. The van der Waals surface area contributed by atoms with Crippen molar-refractivity contribution in [1.82, 2.24) is 0 Å². The van der Waals surface area contributed by atoms with Gasteiger partial charge in [0.2, 0.25) is 0 Å². The van der Waals surface area contributed by atoms with E-state index < -0.39 is 18.1 Å². The predicted molar refractivity (Wildman–Crippen MR) is 112 cm³/mol. The molecule has 2 aromatic carbocycles. The summed E-state index contributed by atoms with van der Waals surface area (Å²) >= 11 is 6.48. The number of rotatable bonds is 4. The molecule has 5 heteroatoms. The molecule has 0 aromatic heterocycles. The molecule has 152 valence electrons. The van der Waals surface area contributed by atoms with Gasteiger partial charge in [0.15, 0.2) is 0 Å². The maximum absolute atomic E-state index is 10.4. The summed E-state index contributed by atoms with van der Waals surface area (Å²) < 4.78 is 11.7. The zero-order valence-corrected chi connectivity index (χ0v) is 16.9. The van der Waals surface area contributed by atoms with Gasteiger partial charge in [0.1, 0.15) is 5.75 Å². The maximum Gasteiger partial charge on any atom is 0.122 e. The van der Waals surface area contributed by atoms with Crippen molar-refractivity contribution in [2.45, 2.75) is 44.0 Å². The largest absolute Gasteiger partial charge is 0.493 e. The molecule has 0 saturated carbocycles. The van der Waals surface area contributed by atoms with Crippen LogP contribution in [0.1, 0.15) is 41.2 Å². The molecule has 4 atom stereocenters. The second-order valence-corrected chi connectivity index (χ2v) is 8.17. The average molecular weight is 413 g/mol. The van der Waals surface area contributed by atoms with Crippen LogP contribution in [-0.4, -0.2) is 35.6 Å². The van der Waals surface area contributed by atoms with Gasteiger partial charge in [-0.1, -0.05) is 41.8 Å². The fraction of sp³-hybridized carbons (Fsp3) is 0.417. The first-order valence-corrected chi connectivity index (χ1v) is 10.4. The highest BCUT2D eigenvalue weighted by atomic mass is 35.5. The van der Waals surface area contributed by atoms with E-state index >= 15 is 0 Å². The van der Waals surface area contributed by atoms with Crippen molar-refractivity contribution in [2.24, 2.45) is 5.92 Å². The molecule has 4 unspecified atom stereocenters. The van der Waals surface area contributed by atoms with E-state index in [0.29, 0.717) is 17.9 Å². The summed E-state index contributed by atoms with van der Waals surface area (Å²) in [6.45, 7) is 0.558. The molecule has 2 heterocycles. The van der Waals surface area contributed by atoms with Crippen LogP contribution in [-0.2, 0) is 17.6 Å². The quantitative estimate of drug-likeness (QED) is 0.752. The Labute approximate surface area is 176 Å². The number of hydrogen-bond acceptors (Lipinski definition) is 4. The minimum Gasteiger partial charge on any atom is -0.493 e. The number of aliphatic hydroxyl groups is 2. The second-order valence-electron chi connectivity index (χ2n) is 7.76. The molecule has 0 radical (unpaired) electrons. The van der Waals surface area contributed by atoms with Crippen molar-refractivity contribution in [3.8, 4) is 18.1 Å². The monoisotopic (exact) mass is 412 g/mol. The summed E-state index contributed by atoms with van der Waals surface area (Å²) in [4.78, 5) is 0. The SMILES string of the molecule is C#CC1C(O)CC(c2ccc(Cl)c(Cc3ccc4c(c3)CCCO4)c2)OC1CO. The zero-order chi connectivity index (χ0) is 20.4. The Morgan fingerprint density at radius 2 is 2.07 bits per heavy atom. The number of benzene rings is 2. The Morgan fingerprint density at radius 3 is 2.86 bits per heavy atom. The molecular weight excluding hydrogens is 388 g/mol. The van der Waals surface area contributed by atoms with E-state index in [1.165, 1.54) is 11.1 Å². The fourth-order valence-corrected chi connectivity index (χ4v) is 4.41. The van der Waals surface area contributed by atoms with Gasteiger partial charge in [0, 0.05) is 11.4 Å². The molecule has 2 aromatic rings. The van der Waals surface area contributed by atoms with Gasteiger partial charge in [-0.25, -0.2) is 0 Å². The molecule has 1 saturated heterocycles.